The van der Waals surface area contributed by atoms with Gasteiger partial charge in [0.2, 0.25) is 0 Å². The first-order chi connectivity index (χ1) is 8.74. The Bertz CT molecular complexity index is 443. The summed E-state index contributed by atoms with van der Waals surface area (Å²) < 4.78 is 0. The van der Waals surface area contributed by atoms with Gasteiger partial charge in [-0.2, -0.15) is 0 Å². The van der Waals surface area contributed by atoms with Crippen molar-refractivity contribution in [3.8, 4) is 11.8 Å². The summed E-state index contributed by atoms with van der Waals surface area (Å²) in [6.45, 7) is 5.59. The molecule has 2 nitrogen and oxygen atoms in total. The standard InChI is InChI=1S/C15H21NOS/c1-3-14-7-6-12(2)16(14)10-15-9-13(11-18-15)5-4-8-17/h9,11-12,14,17H,3,6-8,10H2,1-2H3. The number of nitrogens with zero attached hydrogens (tertiary/aromatic N) is 1. The highest BCUT2D eigenvalue weighted by Gasteiger charge is 2.29. The molecule has 1 fully saturated rings. The number of aliphatic hydroxyl groups excluding tert-OH is 1. The Morgan fingerprint density at radius 1 is 1.50 bits per heavy atom. The van der Waals surface area contributed by atoms with E-state index in [1.807, 2.05) is 0 Å². The highest BCUT2D eigenvalue weighted by atomic mass is 32.1. The van der Waals surface area contributed by atoms with E-state index in [1.54, 1.807) is 11.3 Å². The van der Waals surface area contributed by atoms with Crippen molar-refractivity contribution in [2.24, 2.45) is 0 Å². The van der Waals surface area contributed by atoms with Crippen molar-refractivity contribution in [2.45, 2.75) is 51.7 Å². The molecule has 0 spiro atoms. The van der Waals surface area contributed by atoms with Crippen LogP contribution >= 0.6 is 11.3 Å². The quantitative estimate of drug-likeness (QED) is 0.848. The first-order valence-electron chi connectivity index (χ1n) is 6.67. The monoisotopic (exact) mass is 263 g/mol. The van der Waals surface area contributed by atoms with E-state index in [1.165, 1.54) is 24.1 Å². The van der Waals surface area contributed by atoms with Crippen molar-refractivity contribution in [2.75, 3.05) is 6.61 Å². The summed E-state index contributed by atoms with van der Waals surface area (Å²) >= 11 is 1.78. The fraction of sp³-hybridized carbons (Fsp3) is 0.600. The Balaban J connectivity index is 2.02. The molecule has 3 heteroatoms. The molecule has 1 aromatic heterocycles. The Hall–Kier alpha value is -0.820. The van der Waals surface area contributed by atoms with E-state index >= 15 is 0 Å². The summed E-state index contributed by atoms with van der Waals surface area (Å²) in [5.41, 5.74) is 1.03. The van der Waals surface area contributed by atoms with Crippen molar-refractivity contribution >= 4 is 11.3 Å². The summed E-state index contributed by atoms with van der Waals surface area (Å²) in [5.74, 6) is 5.67. The van der Waals surface area contributed by atoms with Crippen molar-refractivity contribution in [3.63, 3.8) is 0 Å². The predicted molar refractivity (Wildman–Crippen MR) is 76.6 cm³/mol. The molecule has 2 rings (SSSR count). The average molecular weight is 263 g/mol. The third-order valence-corrected chi connectivity index (χ3v) is 4.65. The van der Waals surface area contributed by atoms with Gasteiger partial charge in [-0.1, -0.05) is 18.8 Å². The van der Waals surface area contributed by atoms with Crippen LogP contribution in [0, 0.1) is 11.8 Å². The molecule has 0 aromatic carbocycles. The second-order valence-corrected chi connectivity index (χ2v) is 5.92. The van der Waals surface area contributed by atoms with Gasteiger partial charge in [0.1, 0.15) is 6.61 Å². The zero-order valence-corrected chi connectivity index (χ0v) is 12.0. The maximum Gasteiger partial charge on any atom is 0.104 e. The fourth-order valence-corrected chi connectivity index (χ4v) is 3.52. The number of hydrogen-bond acceptors (Lipinski definition) is 3. The van der Waals surface area contributed by atoms with Crippen LogP contribution in [0.15, 0.2) is 11.4 Å². The Morgan fingerprint density at radius 3 is 3.06 bits per heavy atom. The molecule has 2 unspecified atom stereocenters. The number of rotatable bonds is 3. The van der Waals surface area contributed by atoms with E-state index < -0.39 is 0 Å². The minimum Gasteiger partial charge on any atom is -0.384 e. The van der Waals surface area contributed by atoms with Crippen LogP contribution in [0.4, 0.5) is 0 Å². The van der Waals surface area contributed by atoms with Crippen LogP contribution in [-0.2, 0) is 6.54 Å². The second-order valence-electron chi connectivity index (χ2n) is 4.92. The zero-order chi connectivity index (χ0) is 13.0. The third kappa shape index (κ3) is 3.14. The minimum absolute atomic E-state index is 0.0632. The molecule has 0 amide bonds. The Labute approximate surface area is 114 Å². The first kappa shape index (κ1) is 13.6. The van der Waals surface area contributed by atoms with Crippen LogP contribution in [0.1, 0.15) is 43.6 Å². The van der Waals surface area contributed by atoms with E-state index in [9.17, 15) is 0 Å². The van der Waals surface area contributed by atoms with E-state index in [0.29, 0.717) is 6.04 Å². The molecule has 1 saturated heterocycles. The lowest BCUT2D eigenvalue weighted by Gasteiger charge is -2.26. The van der Waals surface area contributed by atoms with E-state index in [-0.39, 0.29) is 6.61 Å². The largest absolute Gasteiger partial charge is 0.384 e. The number of likely N-dealkylation sites (tertiary alicyclic amines) is 1. The van der Waals surface area contributed by atoms with Gasteiger partial charge in [-0.05, 0) is 32.3 Å². The molecule has 0 radical (unpaired) electrons. The summed E-state index contributed by atoms with van der Waals surface area (Å²) in [7, 11) is 0. The van der Waals surface area contributed by atoms with Gasteiger partial charge in [0.05, 0.1) is 0 Å². The lowest BCUT2D eigenvalue weighted by Crippen LogP contribution is -2.33. The zero-order valence-electron chi connectivity index (χ0n) is 11.1. The molecule has 1 aliphatic rings. The lowest BCUT2D eigenvalue weighted by molar-refractivity contribution is 0.191. The van der Waals surface area contributed by atoms with Gasteiger partial charge in [0, 0.05) is 34.4 Å². The summed E-state index contributed by atoms with van der Waals surface area (Å²) in [6.07, 6.45) is 3.90. The highest BCUT2D eigenvalue weighted by molar-refractivity contribution is 7.10. The summed E-state index contributed by atoms with van der Waals surface area (Å²) in [6, 6.07) is 3.60. The molecule has 0 bridgehead atoms. The predicted octanol–water partition coefficient (Wildman–Crippen LogP) is 2.85. The van der Waals surface area contributed by atoms with Gasteiger partial charge >= 0.3 is 0 Å². The van der Waals surface area contributed by atoms with Gasteiger partial charge < -0.3 is 5.11 Å². The lowest BCUT2D eigenvalue weighted by atomic mass is 10.1. The molecule has 1 N–H and O–H groups in total. The summed E-state index contributed by atoms with van der Waals surface area (Å²) in [5, 5.41) is 10.8. The first-order valence-corrected chi connectivity index (χ1v) is 7.55. The van der Waals surface area contributed by atoms with Gasteiger partial charge in [0.15, 0.2) is 0 Å². The Morgan fingerprint density at radius 2 is 2.33 bits per heavy atom. The van der Waals surface area contributed by atoms with Crippen LogP contribution in [0.5, 0.6) is 0 Å². The van der Waals surface area contributed by atoms with Gasteiger partial charge in [-0.3, -0.25) is 4.90 Å². The van der Waals surface area contributed by atoms with Gasteiger partial charge in [-0.25, -0.2) is 0 Å². The van der Waals surface area contributed by atoms with Crippen LogP contribution < -0.4 is 0 Å². The maximum absolute atomic E-state index is 8.69. The normalized spacial score (nSPS) is 23.9. The van der Waals surface area contributed by atoms with E-state index in [2.05, 4.69) is 42.0 Å². The van der Waals surface area contributed by atoms with E-state index in [4.69, 9.17) is 5.11 Å². The van der Waals surface area contributed by atoms with Crippen LogP contribution in [0.25, 0.3) is 0 Å². The van der Waals surface area contributed by atoms with Crippen LogP contribution in [0.2, 0.25) is 0 Å². The third-order valence-electron chi connectivity index (χ3n) is 3.73. The number of aliphatic hydroxyl groups is 1. The molecular formula is C15H21NOS. The summed E-state index contributed by atoms with van der Waals surface area (Å²) in [4.78, 5) is 4.00. The Kier molecular flexibility index (Phi) is 4.82. The molecule has 1 aliphatic heterocycles. The molecule has 0 saturated carbocycles. The maximum atomic E-state index is 8.69. The van der Waals surface area contributed by atoms with Gasteiger partial charge in [0.25, 0.3) is 0 Å². The molecule has 1 aromatic rings. The van der Waals surface area contributed by atoms with Crippen molar-refractivity contribution in [1.29, 1.82) is 0 Å². The van der Waals surface area contributed by atoms with Crippen molar-refractivity contribution in [3.05, 3.63) is 21.9 Å². The molecule has 98 valence electrons. The average Bonchev–Trinajstić information content (AvgIpc) is 2.96. The molecule has 2 atom stereocenters. The molecule has 2 heterocycles. The molecular weight excluding hydrogens is 242 g/mol. The molecule has 0 aliphatic carbocycles. The van der Waals surface area contributed by atoms with E-state index in [0.717, 1.165) is 18.2 Å². The van der Waals surface area contributed by atoms with Crippen molar-refractivity contribution in [1.82, 2.24) is 4.90 Å². The second kappa shape index (κ2) is 6.38. The highest BCUT2D eigenvalue weighted by Crippen LogP contribution is 2.29. The van der Waals surface area contributed by atoms with Crippen LogP contribution in [-0.4, -0.2) is 28.7 Å². The fourth-order valence-electron chi connectivity index (χ4n) is 2.70. The minimum atomic E-state index is -0.0632. The topological polar surface area (TPSA) is 23.5 Å². The molecule has 18 heavy (non-hydrogen) atoms. The number of thiophene rings is 1. The smallest absolute Gasteiger partial charge is 0.104 e. The van der Waals surface area contributed by atoms with Gasteiger partial charge in [-0.15, -0.1) is 11.3 Å². The van der Waals surface area contributed by atoms with Crippen molar-refractivity contribution < 1.29 is 5.11 Å². The number of hydrogen-bond donors (Lipinski definition) is 1. The van der Waals surface area contributed by atoms with Crippen LogP contribution in [0.3, 0.4) is 0 Å². The SMILES string of the molecule is CCC1CCC(C)N1Cc1cc(C#CCO)cs1.